The first-order valence-corrected chi connectivity index (χ1v) is 8.22. The van der Waals surface area contributed by atoms with E-state index in [1.807, 2.05) is 17.1 Å². The highest BCUT2D eigenvalue weighted by atomic mass is 35.5. The van der Waals surface area contributed by atoms with Crippen molar-refractivity contribution in [2.45, 2.75) is 11.4 Å². The zero-order chi connectivity index (χ0) is 14.4. The first-order chi connectivity index (χ1) is 9.66. The minimum absolute atomic E-state index is 0.558. The van der Waals surface area contributed by atoms with E-state index in [1.54, 1.807) is 30.1 Å². The summed E-state index contributed by atoms with van der Waals surface area (Å²) < 4.78 is 2.03. The van der Waals surface area contributed by atoms with Gasteiger partial charge in [-0.3, -0.25) is 0 Å². The van der Waals surface area contributed by atoms with E-state index >= 15 is 0 Å². The number of hydrogen-bond donors (Lipinski definition) is 1. The van der Waals surface area contributed by atoms with Crippen LogP contribution in [0.2, 0.25) is 15.1 Å². The molecule has 1 N–H and O–H groups in total. The second-order valence-corrected chi connectivity index (χ2v) is 6.45. The van der Waals surface area contributed by atoms with Crippen molar-refractivity contribution in [2.75, 3.05) is 18.8 Å². The number of thioether (sulfide) groups is 1. The van der Waals surface area contributed by atoms with Crippen LogP contribution in [0.1, 0.15) is 0 Å². The number of imidazole rings is 1. The number of halogens is 3. The quantitative estimate of drug-likeness (QED) is 0.599. The molecule has 0 unspecified atom stereocenters. The van der Waals surface area contributed by atoms with Crippen LogP contribution in [0.5, 0.6) is 0 Å². The molecular weight excluding hydrogens is 337 g/mol. The van der Waals surface area contributed by atoms with Gasteiger partial charge < -0.3 is 9.88 Å². The lowest BCUT2D eigenvalue weighted by atomic mass is 10.4. The maximum absolute atomic E-state index is 6.12. The van der Waals surface area contributed by atoms with Crippen molar-refractivity contribution < 1.29 is 0 Å². The Morgan fingerprint density at radius 1 is 1.15 bits per heavy atom. The third-order valence-corrected chi connectivity index (χ3v) is 4.77. The molecule has 0 aliphatic heterocycles. The number of benzene rings is 1. The molecule has 0 saturated carbocycles. The molecule has 2 rings (SSSR count). The zero-order valence-electron chi connectivity index (χ0n) is 10.7. The summed E-state index contributed by atoms with van der Waals surface area (Å²) in [6, 6.07) is 3.42. The monoisotopic (exact) mass is 349 g/mol. The van der Waals surface area contributed by atoms with Gasteiger partial charge in [-0.1, -0.05) is 34.8 Å². The molecule has 108 valence electrons. The van der Waals surface area contributed by atoms with Crippen LogP contribution in [-0.4, -0.2) is 28.4 Å². The molecule has 20 heavy (non-hydrogen) atoms. The molecule has 0 fully saturated rings. The van der Waals surface area contributed by atoms with Gasteiger partial charge in [0.2, 0.25) is 0 Å². The molecule has 7 heteroatoms. The van der Waals surface area contributed by atoms with Crippen LogP contribution >= 0.6 is 46.6 Å². The summed E-state index contributed by atoms with van der Waals surface area (Å²) >= 11 is 19.7. The van der Waals surface area contributed by atoms with Crippen LogP contribution in [0.15, 0.2) is 35.7 Å². The Bertz CT molecular complexity index is 523. The summed E-state index contributed by atoms with van der Waals surface area (Å²) in [6.07, 6.45) is 5.54. The van der Waals surface area contributed by atoms with Gasteiger partial charge in [0.1, 0.15) is 0 Å². The lowest BCUT2D eigenvalue weighted by Crippen LogP contribution is -2.21. The van der Waals surface area contributed by atoms with Gasteiger partial charge in [0, 0.05) is 47.7 Å². The summed E-state index contributed by atoms with van der Waals surface area (Å²) in [5.41, 5.74) is 0. The highest BCUT2D eigenvalue weighted by molar-refractivity contribution is 7.99. The van der Waals surface area contributed by atoms with Crippen LogP contribution in [-0.2, 0) is 6.54 Å². The summed E-state index contributed by atoms with van der Waals surface area (Å²) in [5.74, 6) is 0.894. The van der Waals surface area contributed by atoms with Crippen molar-refractivity contribution in [3.63, 3.8) is 0 Å². The fraction of sp³-hybridized carbons (Fsp3) is 0.308. The fourth-order valence-corrected chi connectivity index (χ4v) is 3.63. The van der Waals surface area contributed by atoms with Crippen molar-refractivity contribution in [1.82, 2.24) is 14.9 Å². The van der Waals surface area contributed by atoms with Crippen LogP contribution < -0.4 is 5.32 Å². The van der Waals surface area contributed by atoms with E-state index in [-0.39, 0.29) is 0 Å². The Labute approximate surface area is 137 Å². The highest BCUT2D eigenvalue weighted by Gasteiger charge is 2.07. The Balaban J connectivity index is 1.68. The largest absolute Gasteiger partial charge is 0.336 e. The van der Waals surface area contributed by atoms with Gasteiger partial charge >= 0.3 is 0 Å². The van der Waals surface area contributed by atoms with E-state index in [4.69, 9.17) is 34.8 Å². The van der Waals surface area contributed by atoms with Crippen LogP contribution in [0.3, 0.4) is 0 Å². The van der Waals surface area contributed by atoms with Crippen LogP contribution in [0.4, 0.5) is 0 Å². The van der Waals surface area contributed by atoms with Crippen LogP contribution in [0, 0.1) is 0 Å². The second kappa shape index (κ2) is 8.15. The van der Waals surface area contributed by atoms with Crippen molar-refractivity contribution in [2.24, 2.45) is 0 Å². The predicted molar refractivity (Wildman–Crippen MR) is 87.3 cm³/mol. The van der Waals surface area contributed by atoms with E-state index in [0.29, 0.717) is 15.1 Å². The van der Waals surface area contributed by atoms with E-state index in [1.165, 1.54) is 0 Å². The molecule has 2 aromatic rings. The molecule has 0 saturated heterocycles. The third kappa shape index (κ3) is 4.86. The molecule has 0 spiro atoms. The summed E-state index contributed by atoms with van der Waals surface area (Å²) in [5, 5.41) is 5.13. The average molecular weight is 351 g/mol. The molecule has 0 atom stereocenters. The molecule has 1 heterocycles. The fourth-order valence-electron chi connectivity index (χ4n) is 1.64. The molecule has 1 aromatic carbocycles. The molecule has 0 amide bonds. The van der Waals surface area contributed by atoms with Gasteiger partial charge in [-0.25, -0.2) is 4.98 Å². The van der Waals surface area contributed by atoms with E-state index in [9.17, 15) is 0 Å². The molecular formula is C13H14Cl3N3S. The SMILES string of the molecule is Clc1cc(Cl)c(SCCNCCn2ccnc2)c(Cl)c1. The van der Waals surface area contributed by atoms with Gasteiger partial charge in [0.05, 0.1) is 16.4 Å². The number of hydrogen-bond acceptors (Lipinski definition) is 3. The Morgan fingerprint density at radius 3 is 2.55 bits per heavy atom. The first kappa shape index (κ1) is 16.0. The molecule has 0 aliphatic rings. The first-order valence-electron chi connectivity index (χ1n) is 6.10. The van der Waals surface area contributed by atoms with Gasteiger partial charge in [0.15, 0.2) is 0 Å². The number of nitrogens with zero attached hydrogens (tertiary/aromatic N) is 2. The lowest BCUT2D eigenvalue weighted by Gasteiger charge is -2.08. The highest BCUT2D eigenvalue weighted by Crippen LogP contribution is 2.36. The summed E-state index contributed by atoms with van der Waals surface area (Å²) in [7, 11) is 0. The Hall–Kier alpha value is -0.390. The van der Waals surface area contributed by atoms with Gasteiger partial charge in [0.25, 0.3) is 0 Å². The topological polar surface area (TPSA) is 29.9 Å². The van der Waals surface area contributed by atoms with E-state index in [2.05, 4.69) is 10.3 Å². The van der Waals surface area contributed by atoms with E-state index < -0.39 is 0 Å². The number of rotatable bonds is 7. The van der Waals surface area contributed by atoms with E-state index in [0.717, 1.165) is 30.3 Å². The van der Waals surface area contributed by atoms with Crippen LogP contribution in [0.25, 0.3) is 0 Å². The Kier molecular flexibility index (Phi) is 6.52. The normalized spacial score (nSPS) is 10.9. The summed E-state index contributed by atoms with van der Waals surface area (Å²) in [4.78, 5) is 4.88. The predicted octanol–water partition coefficient (Wildman–Crippen LogP) is 4.23. The minimum Gasteiger partial charge on any atom is -0.336 e. The van der Waals surface area contributed by atoms with Gasteiger partial charge in [-0.05, 0) is 12.1 Å². The zero-order valence-corrected chi connectivity index (χ0v) is 13.7. The second-order valence-electron chi connectivity index (χ2n) is 4.10. The number of nitrogens with one attached hydrogen (secondary N) is 1. The van der Waals surface area contributed by atoms with Gasteiger partial charge in [-0.2, -0.15) is 0 Å². The molecule has 0 radical (unpaired) electrons. The lowest BCUT2D eigenvalue weighted by molar-refractivity contribution is 0.615. The maximum Gasteiger partial charge on any atom is 0.0946 e. The molecule has 0 aliphatic carbocycles. The summed E-state index contributed by atoms with van der Waals surface area (Å²) in [6.45, 7) is 2.70. The third-order valence-electron chi connectivity index (χ3n) is 2.59. The standard InChI is InChI=1S/C13H14Cl3N3S/c14-10-7-11(15)13(12(16)8-10)20-6-3-17-1-4-19-5-2-18-9-19/h2,5,7-9,17H,1,3-4,6H2. The van der Waals surface area contributed by atoms with Crippen molar-refractivity contribution >= 4 is 46.6 Å². The van der Waals surface area contributed by atoms with Crippen molar-refractivity contribution in [3.8, 4) is 0 Å². The van der Waals surface area contributed by atoms with Crippen molar-refractivity contribution in [1.29, 1.82) is 0 Å². The number of aromatic nitrogens is 2. The average Bonchev–Trinajstić information content (AvgIpc) is 2.89. The minimum atomic E-state index is 0.558. The smallest absolute Gasteiger partial charge is 0.0946 e. The van der Waals surface area contributed by atoms with Crippen molar-refractivity contribution in [3.05, 3.63) is 45.9 Å². The molecule has 1 aromatic heterocycles. The molecule has 3 nitrogen and oxygen atoms in total. The van der Waals surface area contributed by atoms with Gasteiger partial charge in [-0.15, -0.1) is 11.8 Å². The Morgan fingerprint density at radius 2 is 1.90 bits per heavy atom. The maximum atomic E-state index is 6.12. The molecule has 0 bridgehead atoms.